The van der Waals surface area contributed by atoms with Crippen molar-refractivity contribution in [3.63, 3.8) is 0 Å². The van der Waals surface area contributed by atoms with Crippen molar-refractivity contribution in [2.45, 2.75) is 11.8 Å². The molecule has 3 amide bonds. The number of carbonyl (C=O) groups is 4. The van der Waals surface area contributed by atoms with E-state index in [0.29, 0.717) is 5.39 Å². The highest BCUT2D eigenvalue weighted by molar-refractivity contribution is 7.86. The van der Waals surface area contributed by atoms with Crippen molar-refractivity contribution in [2.75, 3.05) is 13.2 Å². The van der Waals surface area contributed by atoms with Crippen LogP contribution in [0.3, 0.4) is 0 Å². The smallest absolute Gasteiger partial charge is 0.333 e. The van der Waals surface area contributed by atoms with Gasteiger partial charge in [0.05, 0.1) is 17.7 Å². The number of hydrogen-bond acceptors (Lipinski definition) is 8. The second-order valence-electron chi connectivity index (χ2n) is 8.27. The van der Waals surface area contributed by atoms with Crippen LogP contribution in [0, 0.1) is 23.3 Å². The Bertz CT molecular complexity index is 1680. The first kappa shape index (κ1) is 28.4. The zero-order valence-corrected chi connectivity index (χ0v) is 21.0. The average molecular weight is 580 g/mol. The molecular formula is C25H16F4N2O8S. The fraction of sp³-hybridized carbons (Fsp3) is 0.120. The number of benzene rings is 3. The Morgan fingerprint density at radius 2 is 1.45 bits per heavy atom. The lowest BCUT2D eigenvalue weighted by Gasteiger charge is -2.25. The summed E-state index contributed by atoms with van der Waals surface area (Å²) >= 11 is 0. The highest BCUT2D eigenvalue weighted by Crippen LogP contribution is 2.33. The molecule has 0 aliphatic carbocycles. The molecule has 1 aliphatic rings. The second kappa shape index (κ2) is 10.5. The second-order valence-corrected chi connectivity index (χ2v) is 9.74. The number of rotatable bonds is 8. The van der Waals surface area contributed by atoms with Crippen LogP contribution in [0.5, 0.6) is 0 Å². The van der Waals surface area contributed by atoms with Crippen LogP contribution in [-0.4, -0.2) is 50.3 Å². The van der Waals surface area contributed by atoms with E-state index >= 15 is 0 Å². The predicted octanol–water partition coefficient (Wildman–Crippen LogP) is 3.16. The zero-order chi connectivity index (χ0) is 29.5. The lowest BCUT2D eigenvalue weighted by atomic mass is 9.95. The van der Waals surface area contributed by atoms with Gasteiger partial charge >= 0.3 is 16.1 Å². The maximum absolute atomic E-state index is 14.8. The van der Waals surface area contributed by atoms with Crippen LogP contribution in [0.25, 0.3) is 10.8 Å². The van der Waals surface area contributed by atoms with E-state index < -0.39 is 80.7 Å². The van der Waals surface area contributed by atoms with Crippen molar-refractivity contribution >= 4 is 44.6 Å². The van der Waals surface area contributed by atoms with Crippen molar-refractivity contribution in [1.29, 1.82) is 0 Å². The summed E-state index contributed by atoms with van der Waals surface area (Å²) in [5, 5.41) is 2.15. The topological polar surface area (TPSA) is 136 Å². The van der Waals surface area contributed by atoms with Gasteiger partial charge in [0.2, 0.25) is 0 Å². The number of hydrogen-bond donors (Lipinski definition) is 1. The molecule has 1 heterocycles. The summed E-state index contributed by atoms with van der Waals surface area (Å²) in [6.45, 7) is 3.59. The lowest BCUT2D eigenvalue weighted by Crippen LogP contribution is -2.42. The molecule has 0 bridgehead atoms. The number of hydroxylamine groups is 2. The average Bonchev–Trinajstić information content (AvgIpc) is 2.90. The number of halogens is 4. The van der Waals surface area contributed by atoms with E-state index in [4.69, 9.17) is 0 Å². The van der Waals surface area contributed by atoms with Crippen LogP contribution in [0.2, 0.25) is 0 Å². The van der Waals surface area contributed by atoms with Crippen LogP contribution in [-0.2, 0) is 23.9 Å². The molecule has 15 heteroatoms. The molecule has 0 saturated carbocycles. The number of imide groups is 1. The van der Waals surface area contributed by atoms with E-state index in [2.05, 4.69) is 15.6 Å². The fourth-order valence-corrected chi connectivity index (χ4v) is 4.79. The summed E-state index contributed by atoms with van der Waals surface area (Å²) in [7, 11) is -5.93. The summed E-state index contributed by atoms with van der Waals surface area (Å²) in [4.78, 5) is 46.9. The standard InChI is InChI=1S/C25H16F4N2O8S/c1-11(2)25(35)38-10-9-30-22(32)16-17(26)19(28)21(20(29)18(16)27)40(36,37)39-31-23(33)13-7-3-5-12-6-4-8-14(15(12)13)24(31)34/h3-8H,1,9-10H2,2H3,(H,30,32). The van der Waals surface area contributed by atoms with E-state index in [0.717, 1.165) is 0 Å². The van der Waals surface area contributed by atoms with Crippen LogP contribution >= 0.6 is 0 Å². The Morgan fingerprint density at radius 1 is 0.925 bits per heavy atom. The van der Waals surface area contributed by atoms with Gasteiger partial charge in [0.15, 0.2) is 28.2 Å². The highest BCUT2D eigenvalue weighted by Gasteiger charge is 2.42. The molecule has 0 fully saturated rings. The minimum Gasteiger partial charge on any atom is -0.460 e. The Balaban J connectivity index is 1.64. The molecule has 1 N–H and O–H groups in total. The van der Waals surface area contributed by atoms with Gasteiger partial charge in [-0.15, -0.1) is 9.35 Å². The quantitative estimate of drug-likeness (QED) is 0.107. The molecule has 4 rings (SSSR count). The van der Waals surface area contributed by atoms with E-state index in [9.17, 15) is 45.2 Å². The van der Waals surface area contributed by atoms with Crippen LogP contribution in [0.15, 0.2) is 53.4 Å². The molecule has 0 unspecified atom stereocenters. The summed E-state index contributed by atoms with van der Waals surface area (Å²) in [5.41, 5.74) is -2.20. The maximum atomic E-state index is 14.8. The van der Waals surface area contributed by atoms with Crippen molar-refractivity contribution in [3.05, 3.63) is 88.5 Å². The largest absolute Gasteiger partial charge is 0.460 e. The molecule has 1 aliphatic heterocycles. The predicted molar refractivity (Wildman–Crippen MR) is 127 cm³/mol. The van der Waals surface area contributed by atoms with Gasteiger partial charge in [0.25, 0.3) is 17.7 Å². The Kier molecular flexibility index (Phi) is 7.45. The molecule has 40 heavy (non-hydrogen) atoms. The Morgan fingerprint density at radius 3 is 1.95 bits per heavy atom. The lowest BCUT2D eigenvalue weighted by molar-refractivity contribution is -0.138. The monoisotopic (exact) mass is 580 g/mol. The molecule has 0 radical (unpaired) electrons. The van der Waals surface area contributed by atoms with Crippen LogP contribution < -0.4 is 5.32 Å². The summed E-state index contributed by atoms with van der Waals surface area (Å²) < 4.78 is 93.6. The maximum Gasteiger partial charge on any atom is 0.333 e. The van der Waals surface area contributed by atoms with Gasteiger partial charge in [-0.2, -0.15) is 8.42 Å². The molecule has 3 aromatic carbocycles. The van der Waals surface area contributed by atoms with Gasteiger partial charge in [-0.3, -0.25) is 14.4 Å². The van der Waals surface area contributed by atoms with Crippen molar-refractivity contribution in [3.8, 4) is 0 Å². The minimum absolute atomic E-state index is 0.0146. The first-order valence-corrected chi connectivity index (χ1v) is 12.5. The third-order valence-corrected chi connectivity index (χ3v) is 6.78. The Hall–Kier alpha value is -4.63. The summed E-state index contributed by atoms with van der Waals surface area (Å²) in [5.74, 6) is -15.2. The van der Waals surface area contributed by atoms with Crippen molar-refractivity contribution < 1.29 is 54.2 Å². The normalized spacial score (nSPS) is 13.0. The van der Waals surface area contributed by atoms with Gasteiger partial charge in [0, 0.05) is 11.0 Å². The van der Waals surface area contributed by atoms with Gasteiger partial charge in [-0.05, 0) is 24.4 Å². The van der Waals surface area contributed by atoms with E-state index in [1.165, 1.54) is 31.2 Å². The molecule has 10 nitrogen and oxygen atoms in total. The van der Waals surface area contributed by atoms with E-state index in [1.807, 2.05) is 5.32 Å². The molecule has 0 spiro atoms. The SMILES string of the molecule is C=C(C)C(=O)OCCNC(=O)c1c(F)c(F)c(S(=O)(=O)ON2C(=O)c3cccc4cccc(c34)C2=O)c(F)c1F. The minimum atomic E-state index is -5.93. The third kappa shape index (κ3) is 4.80. The first-order chi connectivity index (χ1) is 18.8. The van der Waals surface area contributed by atoms with Crippen LogP contribution in [0.4, 0.5) is 17.6 Å². The molecule has 0 aromatic heterocycles. The number of nitrogens with zero attached hydrogens (tertiary/aromatic N) is 1. The number of amides is 3. The highest BCUT2D eigenvalue weighted by atomic mass is 32.2. The first-order valence-electron chi connectivity index (χ1n) is 11.1. The molecular weight excluding hydrogens is 564 g/mol. The number of esters is 1. The summed E-state index contributed by atoms with van der Waals surface area (Å²) in [6.07, 6.45) is 0. The number of carbonyl (C=O) groups excluding carboxylic acids is 4. The summed E-state index contributed by atoms with van der Waals surface area (Å²) in [6, 6.07) is 8.44. The van der Waals surface area contributed by atoms with Gasteiger partial charge in [0.1, 0.15) is 12.2 Å². The molecule has 0 saturated heterocycles. The van der Waals surface area contributed by atoms with E-state index in [1.54, 1.807) is 12.1 Å². The molecule has 3 aromatic rings. The van der Waals surface area contributed by atoms with Gasteiger partial charge < -0.3 is 10.1 Å². The van der Waals surface area contributed by atoms with Gasteiger partial charge in [-0.1, -0.05) is 30.8 Å². The molecule has 0 atom stereocenters. The number of nitrogens with one attached hydrogen (secondary N) is 1. The van der Waals surface area contributed by atoms with Crippen LogP contribution in [0.1, 0.15) is 38.0 Å². The fourth-order valence-electron chi connectivity index (χ4n) is 3.76. The van der Waals surface area contributed by atoms with Crippen molar-refractivity contribution in [1.82, 2.24) is 10.4 Å². The van der Waals surface area contributed by atoms with Crippen molar-refractivity contribution in [2.24, 2.45) is 0 Å². The molecule has 208 valence electrons. The zero-order valence-electron chi connectivity index (χ0n) is 20.2. The third-order valence-electron chi connectivity index (χ3n) is 5.58. The van der Waals surface area contributed by atoms with E-state index in [-0.39, 0.29) is 27.1 Å². The Labute approximate surface area is 222 Å². The van der Waals surface area contributed by atoms with Gasteiger partial charge in [-0.25, -0.2) is 22.4 Å². The number of ether oxygens (including phenoxy) is 1.